The standard InChI is InChI=1S/C21H14Cl2N6O3/c1-21(4-5-21)28-10-25-15-3-2-12(8-17(15)28)32-18-13(22)6-11(7-14(18)23)29-20(31)26-19(30)16(9-24)27-29/h2-3,6-8,10H,4-5H2,1H3,(H,26,30,31). The molecule has 1 aliphatic carbocycles. The first-order chi connectivity index (χ1) is 15.3. The fourth-order valence-electron chi connectivity index (χ4n) is 3.44. The summed E-state index contributed by atoms with van der Waals surface area (Å²) in [6.45, 7) is 2.18. The summed E-state index contributed by atoms with van der Waals surface area (Å²) in [6.07, 6.45) is 4.02. The van der Waals surface area contributed by atoms with Gasteiger partial charge in [-0.25, -0.2) is 9.78 Å². The van der Waals surface area contributed by atoms with Crippen molar-refractivity contribution in [3.8, 4) is 23.3 Å². The lowest BCUT2D eigenvalue weighted by atomic mass is 10.2. The number of aromatic nitrogens is 5. The number of nitrogens with one attached hydrogen (secondary N) is 1. The van der Waals surface area contributed by atoms with E-state index in [1.54, 1.807) is 12.1 Å². The summed E-state index contributed by atoms with van der Waals surface area (Å²) in [5.74, 6) is 0.712. The van der Waals surface area contributed by atoms with Gasteiger partial charge in [0.25, 0.3) is 5.56 Å². The minimum absolute atomic E-state index is 0.0729. The van der Waals surface area contributed by atoms with Gasteiger partial charge in [-0.3, -0.25) is 9.78 Å². The molecule has 1 saturated carbocycles. The molecule has 0 atom stereocenters. The third-order valence-corrected chi connectivity index (χ3v) is 6.02. The van der Waals surface area contributed by atoms with Gasteiger partial charge >= 0.3 is 5.69 Å². The molecule has 11 heteroatoms. The summed E-state index contributed by atoms with van der Waals surface area (Å²) < 4.78 is 8.94. The average molecular weight is 469 g/mol. The van der Waals surface area contributed by atoms with Gasteiger partial charge in [0.15, 0.2) is 5.75 Å². The third kappa shape index (κ3) is 3.34. The van der Waals surface area contributed by atoms with E-state index in [0.29, 0.717) is 5.75 Å². The largest absolute Gasteiger partial charge is 0.454 e. The summed E-state index contributed by atoms with van der Waals surface area (Å²) >= 11 is 12.8. The fraction of sp³-hybridized carbons (Fsp3) is 0.190. The zero-order valence-electron chi connectivity index (χ0n) is 16.6. The number of nitrogens with zero attached hydrogens (tertiary/aromatic N) is 5. The molecule has 2 aromatic carbocycles. The first kappa shape index (κ1) is 20.3. The Bertz CT molecular complexity index is 1540. The average Bonchev–Trinajstić information content (AvgIpc) is 3.35. The molecule has 0 bridgehead atoms. The van der Waals surface area contributed by atoms with Gasteiger partial charge in [-0.05, 0) is 44.0 Å². The van der Waals surface area contributed by atoms with E-state index >= 15 is 0 Å². The number of fused-ring (bicyclic) bond motifs is 1. The topological polar surface area (TPSA) is 119 Å². The van der Waals surface area contributed by atoms with Crippen LogP contribution in [0.4, 0.5) is 0 Å². The second-order valence-corrected chi connectivity index (χ2v) is 8.55. The highest BCUT2D eigenvalue weighted by Gasteiger charge is 2.40. The normalized spacial score (nSPS) is 14.3. The van der Waals surface area contributed by atoms with Crippen molar-refractivity contribution >= 4 is 34.2 Å². The van der Waals surface area contributed by atoms with Gasteiger partial charge < -0.3 is 9.30 Å². The van der Waals surface area contributed by atoms with Crippen molar-refractivity contribution in [2.45, 2.75) is 25.3 Å². The maximum Gasteiger partial charge on any atom is 0.349 e. The number of rotatable bonds is 4. The quantitative estimate of drug-likeness (QED) is 0.486. The van der Waals surface area contributed by atoms with Crippen molar-refractivity contribution in [1.29, 1.82) is 5.26 Å². The number of hydrogen-bond acceptors (Lipinski definition) is 6. The van der Waals surface area contributed by atoms with E-state index in [-0.39, 0.29) is 27.0 Å². The number of halogens is 2. The van der Waals surface area contributed by atoms with E-state index in [9.17, 15) is 9.59 Å². The molecule has 0 spiro atoms. The zero-order chi connectivity index (χ0) is 22.6. The van der Waals surface area contributed by atoms with E-state index in [4.69, 9.17) is 33.2 Å². The molecule has 0 saturated heterocycles. The number of ether oxygens (including phenoxy) is 1. The highest BCUT2D eigenvalue weighted by molar-refractivity contribution is 6.37. The predicted octanol–water partition coefficient (Wildman–Crippen LogP) is 3.75. The summed E-state index contributed by atoms with van der Waals surface area (Å²) in [6, 6.07) is 9.94. The van der Waals surface area contributed by atoms with Gasteiger partial charge in [-0.15, -0.1) is 5.10 Å². The van der Waals surface area contributed by atoms with Crippen molar-refractivity contribution in [1.82, 2.24) is 24.3 Å². The number of imidazole rings is 1. The summed E-state index contributed by atoms with van der Waals surface area (Å²) in [7, 11) is 0. The molecular formula is C21H14Cl2N6O3. The van der Waals surface area contributed by atoms with E-state index in [1.807, 2.05) is 23.4 Å². The van der Waals surface area contributed by atoms with Gasteiger partial charge in [-0.1, -0.05) is 23.2 Å². The number of benzene rings is 2. The van der Waals surface area contributed by atoms with Gasteiger partial charge in [-0.2, -0.15) is 9.94 Å². The second-order valence-electron chi connectivity index (χ2n) is 7.73. The van der Waals surface area contributed by atoms with Crippen LogP contribution in [-0.4, -0.2) is 24.3 Å². The smallest absolute Gasteiger partial charge is 0.349 e. The van der Waals surface area contributed by atoms with E-state index < -0.39 is 16.9 Å². The molecule has 1 N–H and O–H groups in total. The molecular weight excluding hydrogens is 455 g/mol. The Hall–Kier alpha value is -3.61. The van der Waals surface area contributed by atoms with Crippen molar-refractivity contribution in [2.75, 3.05) is 0 Å². The fourth-order valence-corrected chi connectivity index (χ4v) is 3.99. The molecule has 1 aliphatic rings. The highest BCUT2D eigenvalue weighted by atomic mass is 35.5. The van der Waals surface area contributed by atoms with Crippen LogP contribution >= 0.6 is 23.2 Å². The number of H-pyrrole nitrogens is 1. The lowest BCUT2D eigenvalue weighted by Crippen LogP contribution is -2.33. The zero-order valence-corrected chi connectivity index (χ0v) is 18.1. The van der Waals surface area contributed by atoms with Crippen LogP contribution < -0.4 is 16.0 Å². The van der Waals surface area contributed by atoms with Crippen LogP contribution in [0.3, 0.4) is 0 Å². The number of aromatic amines is 1. The van der Waals surface area contributed by atoms with Crippen LogP contribution in [-0.2, 0) is 5.54 Å². The highest BCUT2D eigenvalue weighted by Crippen LogP contribution is 2.45. The molecule has 2 heterocycles. The minimum atomic E-state index is -0.874. The maximum atomic E-state index is 12.1. The van der Waals surface area contributed by atoms with Crippen molar-refractivity contribution < 1.29 is 4.74 Å². The SMILES string of the molecule is CC1(n2cnc3ccc(Oc4c(Cl)cc(-n5nc(C#N)c(=O)[nH]c5=O)cc4Cl)cc32)CC1. The van der Waals surface area contributed by atoms with E-state index in [1.165, 1.54) is 12.1 Å². The summed E-state index contributed by atoms with van der Waals surface area (Å²) in [5, 5.41) is 13.0. The monoisotopic (exact) mass is 468 g/mol. The number of hydrogen-bond donors (Lipinski definition) is 1. The maximum absolute atomic E-state index is 12.1. The van der Waals surface area contributed by atoms with Crippen molar-refractivity contribution in [3.05, 3.63) is 73.2 Å². The Labute approximate surface area is 190 Å². The summed E-state index contributed by atoms with van der Waals surface area (Å²) in [4.78, 5) is 30.2. The van der Waals surface area contributed by atoms with E-state index in [2.05, 4.69) is 21.6 Å². The molecule has 5 rings (SSSR count). The Morgan fingerprint density at radius 2 is 1.91 bits per heavy atom. The molecule has 0 aliphatic heterocycles. The lowest BCUT2D eigenvalue weighted by Gasteiger charge is -2.14. The Morgan fingerprint density at radius 1 is 1.19 bits per heavy atom. The van der Waals surface area contributed by atoms with Crippen LogP contribution in [0.5, 0.6) is 11.5 Å². The van der Waals surface area contributed by atoms with Gasteiger partial charge in [0.05, 0.1) is 33.1 Å². The van der Waals surface area contributed by atoms with Crippen LogP contribution in [0.25, 0.3) is 16.7 Å². The predicted molar refractivity (Wildman–Crippen MR) is 118 cm³/mol. The molecule has 0 amide bonds. The molecule has 0 radical (unpaired) electrons. The van der Waals surface area contributed by atoms with Crippen molar-refractivity contribution in [2.24, 2.45) is 0 Å². The van der Waals surface area contributed by atoms with Gasteiger partial charge in [0.2, 0.25) is 5.69 Å². The van der Waals surface area contributed by atoms with Gasteiger partial charge in [0, 0.05) is 11.6 Å². The molecule has 1 fully saturated rings. The Balaban J connectivity index is 1.53. The van der Waals surface area contributed by atoms with E-state index in [0.717, 1.165) is 28.6 Å². The molecule has 0 unspecified atom stereocenters. The van der Waals surface area contributed by atoms with Crippen LogP contribution in [0.2, 0.25) is 10.0 Å². The van der Waals surface area contributed by atoms with Gasteiger partial charge in [0.1, 0.15) is 11.8 Å². The first-order valence-corrected chi connectivity index (χ1v) is 10.3. The minimum Gasteiger partial charge on any atom is -0.454 e. The molecule has 9 nitrogen and oxygen atoms in total. The third-order valence-electron chi connectivity index (χ3n) is 5.46. The summed E-state index contributed by atoms with van der Waals surface area (Å²) in [5.41, 5.74) is -0.132. The Morgan fingerprint density at radius 3 is 2.56 bits per heavy atom. The first-order valence-electron chi connectivity index (χ1n) is 9.58. The molecule has 160 valence electrons. The lowest BCUT2D eigenvalue weighted by molar-refractivity contribution is 0.482. The van der Waals surface area contributed by atoms with Crippen LogP contribution in [0.15, 0.2) is 46.2 Å². The van der Waals surface area contributed by atoms with Crippen LogP contribution in [0, 0.1) is 11.3 Å². The molecule has 2 aromatic heterocycles. The Kier molecular flexibility index (Phi) is 4.58. The van der Waals surface area contributed by atoms with Crippen molar-refractivity contribution in [3.63, 3.8) is 0 Å². The molecule has 4 aromatic rings. The molecule has 32 heavy (non-hydrogen) atoms. The second kappa shape index (κ2) is 7.22. The van der Waals surface area contributed by atoms with Crippen LogP contribution in [0.1, 0.15) is 25.5 Å². The number of nitriles is 1.